The third kappa shape index (κ3) is 3.85. The van der Waals surface area contributed by atoms with Crippen molar-refractivity contribution in [1.82, 2.24) is 4.90 Å². The first kappa shape index (κ1) is 21.5. The number of hydrogen-bond acceptors (Lipinski definition) is 4. The first-order valence-corrected chi connectivity index (χ1v) is 12.3. The minimum absolute atomic E-state index is 0.0275. The zero-order chi connectivity index (χ0) is 21.8. The maximum absolute atomic E-state index is 12.8. The lowest BCUT2D eigenvalue weighted by atomic mass is 9.59. The number of allylic oxidation sites excluding steroid dienone is 1. The maximum atomic E-state index is 12.8. The Kier molecular flexibility index (Phi) is 5.47. The second-order valence-electron chi connectivity index (χ2n) is 10.7. The molecule has 4 nitrogen and oxygen atoms in total. The predicted octanol–water partition coefficient (Wildman–Crippen LogP) is 4.94. The van der Waals surface area contributed by atoms with Gasteiger partial charge in [-0.15, -0.1) is 0 Å². The SMILES string of the molecule is C[C@@H]1CCC[C@@]2(C)C[C@H]3OC(=O)[C@H](CN4CCC(O)(c5ccc(Cl)cc5)CC4)[C@@H]3C=C12. The van der Waals surface area contributed by atoms with Crippen molar-refractivity contribution in [1.29, 1.82) is 0 Å². The molecule has 31 heavy (non-hydrogen) atoms. The summed E-state index contributed by atoms with van der Waals surface area (Å²) in [5.41, 5.74) is 1.89. The molecule has 2 aliphatic carbocycles. The van der Waals surface area contributed by atoms with Crippen LogP contribution in [0.1, 0.15) is 57.9 Å². The molecule has 2 saturated heterocycles. The fourth-order valence-electron chi connectivity index (χ4n) is 6.69. The minimum atomic E-state index is -0.814. The highest BCUT2D eigenvalue weighted by Crippen LogP contribution is 2.54. The first-order valence-electron chi connectivity index (χ1n) is 11.9. The number of likely N-dealkylation sites (tertiary alicyclic amines) is 1. The highest BCUT2D eigenvalue weighted by molar-refractivity contribution is 6.30. The molecule has 1 N–H and O–H groups in total. The highest BCUT2D eigenvalue weighted by atomic mass is 35.5. The van der Waals surface area contributed by atoms with Gasteiger partial charge in [-0.05, 0) is 61.1 Å². The molecule has 1 aromatic carbocycles. The largest absolute Gasteiger partial charge is 0.461 e. The lowest BCUT2D eigenvalue weighted by Crippen LogP contribution is -2.46. The molecule has 2 heterocycles. The molecule has 1 saturated carbocycles. The van der Waals surface area contributed by atoms with E-state index in [9.17, 15) is 9.90 Å². The summed E-state index contributed by atoms with van der Waals surface area (Å²) in [5, 5.41) is 11.9. The third-order valence-electron chi connectivity index (χ3n) is 8.60. The molecule has 2 aliphatic heterocycles. The van der Waals surface area contributed by atoms with Crippen LogP contribution < -0.4 is 0 Å². The van der Waals surface area contributed by atoms with Gasteiger partial charge >= 0.3 is 5.97 Å². The predicted molar refractivity (Wildman–Crippen MR) is 122 cm³/mol. The average Bonchev–Trinajstić information content (AvgIpc) is 3.02. The fourth-order valence-corrected chi connectivity index (χ4v) is 6.82. The molecular weight excluding hydrogens is 410 g/mol. The Bertz CT molecular complexity index is 873. The molecule has 168 valence electrons. The van der Waals surface area contributed by atoms with Gasteiger partial charge in [0.15, 0.2) is 0 Å². The van der Waals surface area contributed by atoms with E-state index in [1.54, 1.807) is 5.57 Å². The van der Waals surface area contributed by atoms with Crippen LogP contribution >= 0.6 is 11.6 Å². The topological polar surface area (TPSA) is 49.8 Å². The zero-order valence-corrected chi connectivity index (χ0v) is 19.4. The Morgan fingerprint density at radius 3 is 2.61 bits per heavy atom. The molecule has 4 aliphatic rings. The summed E-state index contributed by atoms with van der Waals surface area (Å²) >= 11 is 6.01. The molecule has 5 heteroatoms. The van der Waals surface area contributed by atoms with Crippen LogP contribution in [0.4, 0.5) is 0 Å². The minimum Gasteiger partial charge on any atom is -0.461 e. The Morgan fingerprint density at radius 1 is 1.19 bits per heavy atom. The number of ether oxygens (including phenoxy) is 1. The van der Waals surface area contributed by atoms with Crippen LogP contribution in [0.3, 0.4) is 0 Å². The van der Waals surface area contributed by atoms with E-state index in [-0.39, 0.29) is 29.3 Å². The standard InChI is InChI=1S/C26H34ClNO3/c1-17-4-3-9-25(2)15-23-20(14-22(17)25)21(24(29)31-23)16-28-12-10-26(30,11-13-28)18-5-7-19(27)8-6-18/h5-8,14,17,20-21,23,30H,3-4,9-13,15-16H2,1-2H3/t17-,20+,21-,23-,25+/m1/s1. The van der Waals surface area contributed by atoms with Crippen LogP contribution in [0.5, 0.6) is 0 Å². The number of nitrogens with zero attached hydrogens (tertiary/aromatic N) is 1. The zero-order valence-electron chi connectivity index (χ0n) is 18.6. The van der Waals surface area contributed by atoms with Crippen LogP contribution in [0.2, 0.25) is 5.02 Å². The van der Waals surface area contributed by atoms with Crippen molar-refractivity contribution in [3.63, 3.8) is 0 Å². The van der Waals surface area contributed by atoms with E-state index in [1.807, 2.05) is 24.3 Å². The van der Waals surface area contributed by atoms with Gasteiger partial charge in [0.2, 0.25) is 0 Å². The molecule has 1 aromatic rings. The second-order valence-corrected chi connectivity index (χ2v) is 11.1. The lowest BCUT2D eigenvalue weighted by molar-refractivity contribution is -0.145. The van der Waals surface area contributed by atoms with Gasteiger partial charge < -0.3 is 14.7 Å². The van der Waals surface area contributed by atoms with E-state index in [0.717, 1.165) is 31.6 Å². The molecule has 5 atom stereocenters. The smallest absolute Gasteiger partial charge is 0.311 e. The van der Waals surface area contributed by atoms with Gasteiger partial charge in [0.05, 0.1) is 11.5 Å². The molecule has 3 fully saturated rings. The van der Waals surface area contributed by atoms with Crippen molar-refractivity contribution in [3.8, 4) is 0 Å². The number of carbonyl (C=O) groups excluding carboxylic acids is 1. The van der Waals surface area contributed by atoms with E-state index in [4.69, 9.17) is 16.3 Å². The Labute approximate surface area is 190 Å². The number of carbonyl (C=O) groups is 1. The number of rotatable bonds is 3. The Balaban J connectivity index is 1.28. The summed E-state index contributed by atoms with van der Waals surface area (Å²) in [7, 11) is 0. The van der Waals surface area contributed by atoms with Crippen LogP contribution in [0.25, 0.3) is 0 Å². The summed E-state index contributed by atoms with van der Waals surface area (Å²) < 4.78 is 5.92. The summed E-state index contributed by atoms with van der Waals surface area (Å²) in [6.45, 7) is 7.01. The van der Waals surface area contributed by atoms with Crippen molar-refractivity contribution in [3.05, 3.63) is 46.5 Å². The number of halogens is 1. The van der Waals surface area contributed by atoms with Crippen molar-refractivity contribution in [2.24, 2.45) is 23.2 Å². The number of piperidine rings is 1. The van der Waals surface area contributed by atoms with Crippen LogP contribution in [-0.4, -0.2) is 41.7 Å². The van der Waals surface area contributed by atoms with Crippen molar-refractivity contribution >= 4 is 17.6 Å². The van der Waals surface area contributed by atoms with Crippen molar-refractivity contribution in [2.75, 3.05) is 19.6 Å². The fraction of sp³-hybridized carbons (Fsp3) is 0.654. The maximum Gasteiger partial charge on any atom is 0.311 e. The van der Waals surface area contributed by atoms with Gasteiger partial charge in [-0.1, -0.05) is 55.7 Å². The number of benzene rings is 1. The molecular formula is C26H34ClNO3. The van der Waals surface area contributed by atoms with E-state index in [1.165, 1.54) is 19.3 Å². The van der Waals surface area contributed by atoms with E-state index in [2.05, 4.69) is 24.8 Å². The third-order valence-corrected chi connectivity index (χ3v) is 8.85. The number of fused-ring (bicyclic) bond motifs is 2. The number of esters is 1. The van der Waals surface area contributed by atoms with Gasteiger partial charge in [0.25, 0.3) is 0 Å². The molecule has 0 bridgehead atoms. The summed E-state index contributed by atoms with van der Waals surface area (Å²) in [4.78, 5) is 15.2. The Hall–Kier alpha value is -1.36. The Morgan fingerprint density at radius 2 is 1.90 bits per heavy atom. The highest BCUT2D eigenvalue weighted by Gasteiger charge is 2.52. The van der Waals surface area contributed by atoms with E-state index >= 15 is 0 Å². The van der Waals surface area contributed by atoms with Gasteiger partial charge in [0.1, 0.15) is 6.10 Å². The molecule has 0 unspecified atom stereocenters. The molecule has 0 amide bonds. The first-order chi connectivity index (χ1) is 14.8. The average molecular weight is 444 g/mol. The van der Waals surface area contributed by atoms with Gasteiger partial charge in [-0.25, -0.2) is 0 Å². The van der Waals surface area contributed by atoms with Crippen LogP contribution in [0.15, 0.2) is 35.9 Å². The van der Waals surface area contributed by atoms with Crippen LogP contribution in [-0.2, 0) is 15.1 Å². The summed E-state index contributed by atoms with van der Waals surface area (Å²) in [6.07, 6.45) is 8.52. The summed E-state index contributed by atoms with van der Waals surface area (Å²) in [5.74, 6) is 0.701. The monoisotopic (exact) mass is 443 g/mol. The number of hydrogen-bond donors (Lipinski definition) is 1. The lowest BCUT2D eigenvalue weighted by Gasteiger charge is -2.46. The van der Waals surface area contributed by atoms with Gasteiger partial charge in [-0.3, -0.25) is 4.79 Å². The molecule has 5 rings (SSSR count). The molecule has 0 aromatic heterocycles. The van der Waals surface area contributed by atoms with Crippen LogP contribution in [0, 0.1) is 23.2 Å². The molecule has 0 spiro atoms. The van der Waals surface area contributed by atoms with Gasteiger partial charge in [-0.2, -0.15) is 0 Å². The van der Waals surface area contributed by atoms with Crippen molar-refractivity contribution in [2.45, 2.75) is 64.1 Å². The van der Waals surface area contributed by atoms with E-state index < -0.39 is 5.60 Å². The van der Waals surface area contributed by atoms with Gasteiger partial charge in [0, 0.05) is 30.6 Å². The normalized spacial score (nSPS) is 37.5. The summed E-state index contributed by atoms with van der Waals surface area (Å²) in [6, 6.07) is 7.53. The second kappa shape index (κ2) is 7.90. The molecule has 0 radical (unpaired) electrons. The van der Waals surface area contributed by atoms with Crippen molar-refractivity contribution < 1.29 is 14.6 Å². The number of aliphatic hydroxyl groups is 1. The quantitative estimate of drug-likeness (QED) is 0.531. The van der Waals surface area contributed by atoms with E-state index in [0.29, 0.717) is 23.8 Å².